The highest BCUT2D eigenvalue weighted by Gasteiger charge is 2.57. The zero-order valence-corrected chi connectivity index (χ0v) is 20.8. The minimum atomic E-state index is -4.30. The number of nitrogens with one attached hydrogen (secondary N) is 1. The molecule has 7 nitrogen and oxygen atoms in total. The molecule has 12 heteroatoms. The monoisotopic (exact) mass is 516 g/mol. The van der Waals surface area contributed by atoms with Gasteiger partial charge in [0, 0.05) is 33.8 Å². The summed E-state index contributed by atoms with van der Waals surface area (Å²) in [4.78, 5) is 14.7. The van der Waals surface area contributed by atoms with Crippen LogP contribution in [0.2, 0.25) is 0 Å². The smallest absolute Gasteiger partial charge is 0.320 e. The molecule has 0 saturated carbocycles. The fraction of sp³-hybridized carbons (Fsp3) is 0.435. The number of aryl methyl sites for hydroxylation is 1. The molecule has 2 amide bonds. The number of alkyl halides is 2. The van der Waals surface area contributed by atoms with Gasteiger partial charge in [0.1, 0.15) is 17.7 Å². The van der Waals surface area contributed by atoms with Crippen molar-refractivity contribution >= 4 is 16.2 Å². The number of amides is 2. The van der Waals surface area contributed by atoms with Crippen LogP contribution in [0, 0.1) is 18.6 Å². The lowest BCUT2D eigenvalue weighted by molar-refractivity contribution is -0.00530. The van der Waals surface area contributed by atoms with Crippen LogP contribution < -0.4 is 4.72 Å². The summed E-state index contributed by atoms with van der Waals surface area (Å²) in [6.07, 6.45) is -0.399. The van der Waals surface area contributed by atoms with E-state index in [9.17, 15) is 17.6 Å². The lowest BCUT2D eigenvalue weighted by Crippen LogP contribution is -2.55. The van der Waals surface area contributed by atoms with Crippen LogP contribution in [0.4, 0.5) is 22.4 Å². The molecule has 0 bridgehead atoms. The first-order chi connectivity index (χ1) is 16.1. The van der Waals surface area contributed by atoms with Crippen LogP contribution in [0.5, 0.6) is 0 Å². The molecule has 35 heavy (non-hydrogen) atoms. The zero-order valence-electron chi connectivity index (χ0n) is 20.0. The number of urea groups is 1. The molecular formula is C23H28F4N4O3S. The predicted octanol–water partition coefficient (Wildman–Crippen LogP) is 3.25. The Hall–Kier alpha value is -2.70. The number of rotatable bonds is 6. The highest BCUT2D eigenvalue weighted by molar-refractivity contribution is 7.87. The summed E-state index contributed by atoms with van der Waals surface area (Å²) < 4.78 is 87.2. The van der Waals surface area contributed by atoms with E-state index in [2.05, 4.69) is 0 Å². The van der Waals surface area contributed by atoms with E-state index in [-0.39, 0.29) is 16.7 Å². The van der Waals surface area contributed by atoms with Crippen molar-refractivity contribution < 1.29 is 30.8 Å². The number of hydrogen-bond donors (Lipinski definition) is 1. The highest BCUT2D eigenvalue weighted by Crippen LogP contribution is 2.37. The predicted molar refractivity (Wildman–Crippen MR) is 124 cm³/mol. The van der Waals surface area contributed by atoms with Gasteiger partial charge < -0.3 is 9.80 Å². The molecule has 1 N–H and O–H groups in total. The number of benzene rings is 2. The van der Waals surface area contributed by atoms with E-state index in [4.69, 9.17) is 0 Å². The van der Waals surface area contributed by atoms with E-state index in [0.717, 1.165) is 20.2 Å². The average molecular weight is 517 g/mol. The first-order valence-electron chi connectivity index (χ1n) is 10.7. The molecule has 192 valence electrons. The molecule has 2 atom stereocenters. The average Bonchev–Trinajstić information content (AvgIpc) is 2.97. The molecule has 2 aromatic rings. The van der Waals surface area contributed by atoms with Crippen molar-refractivity contribution in [3.8, 4) is 11.1 Å². The van der Waals surface area contributed by atoms with Crippen LogP contribution in [0.1, 0.15) is 11.1 Å². The van der Waals surface area contributed by atoms with E-state index >= 15 is 13.2 Å². The fourth-order valence-electron chi connectivity index (χ4n) is 4.11. The standard InChI is InChI=1S/C23H28F4N4O3S/c1-14-9-16(11-17(24)10-14)18-8-6-7-15(20(18)25)12-19-21(28-35(33,34)30(4)5)23(26,27)13-31(19)22(32)29(2)3/h6-11,19,21,28H,12-13H2,1-5H3/t19-,21+/m0/s1. The molecule has 3 rings (SSSR count). The van der Waals surface area contributed by atoms with Crippen molar-refractivity contribution in [2.45, 2.75) is 31.4 Å². The molecule has 1 heterocycles. The maximum atomic E-state index is 15.6. The summed E-state index contributed by atoms with van der Waals surface area (Å²) in [5.41, 5.74) is 0.884. The van der Waals surface area contributed by atoms with Gasteiger partial charge in [0.15, 0.2) is 0 Å². The van der Waals surface area contributed by atoms with Gasteiger partial charge in [-0.1, -0.05) is 24.3 Å². The van der Waals surface area contributed by atoms with E-state index < -0.39 is 58.8 Å². The topological polar surface area (TPSA) is 73.0 Å². The molecule has 0 unspecified atom stereocenters. The third-order valence-electron chi connectivity index (χ3n) is 5.87. The van der Waals surface area contributed by atoms with Gasteiger partial charge >= 0.3 is 6.03 Å². The summed E-state index contributed by atoms with van der Waals surface area (Å²) in [5, 5.41) is 0. The molecule has 2 aromatic carbocycles. The summed E-state index contributed by atoms with van der Waals surface area (Å²) >= 11 is 0. The van der Waals surface area contributed by atoms with Crippen LogP contribution in [0.15, 0.2) is 36.4 Å². The molecule has 0 spiro atoms. The highest BCUT2D eigenvalue weighted by atomic mass is 32.2. The van der Waals surface area contributed by atoms with Gasteiger partial charge in [0.25, 0.3) is 16.1 Å². The SMILES string of the molecule is Cc1cc(F)cc(-c2cccc(C[C@H]3[C@@H](NS(=O)(=O)N(C)C)C(F)(F)CN3C(=O)N(C)C)c2F)c1. The quantitative estimate of drug-likeness (QED) is 0.600. The Bertz CT molecular complexity index is 1200. The van der Waals surface area contributed by atoms with Crippen LogP contribution >= 0.6 is 0 Å². The third-order valence-corrected chi connectivity index (χ3v) is 7.38. The van der Waals surface area contributed by atoms with Gasteiger partial charge in [-0.25, -0.2) is 22.4 Å². The van der Waals surface area contributed by atoms with Crippen LogP contribution in [0.3, 0.4) is 0 Å². The number of halogens is 4. The Morgan fingerprint density at radius 2 is 1.80 bits per heavy atom. The minimum Gasteiger partial charge on any atom is -0.331 e. The van der Waals surface area contributed by atoms with Crippen LogP contribution in [0.25, 0.3) is 11.1 Å². The lowest BCUT2D eigenvalue weighted by Gasteiger charge is -2.31. The number of carbonyl (C=O) groups is 1. The number of carbonyl (C=O) groups excluding carboxylic acids is 1. The first-order valence-corrected chi connectivity index (χ1v) is 12.2. The van der Waals surface area contributed by atoms with Gasteiger partial charge in [-0.3, -0.25) is 0 Å². The number of likely N-dealkylation sites (tertiary alicyclic amines) is 1. The molecular weight excluding hydrogens is 488 g/mol. The van der Waals surface area contributed by atoms with Gasteiger partial charge in [0.05, 0.1) is 12.6 Å². The van der Waals surface area contributed by atoms with E-state index in [1.165, 1.54) is 52.5 Å². The summed E-state index contributed by atoms with van der Waals surface area (Å²) in [6, 6.07) is 4.18. The largest absolute Gasteiger partial charge is 0.331 e. The van der Waals surface area contributed by atoms with Gasteiger partial charge in [-0.15, -0.1) is 0 Å². The van der Waals surface area contributed by atoms with E-state index in [1.807, 2.05) is 4.72 Å². The van der Waals surface area contributed by atoms with Crippen molar-refractivity contribution in [2.24, 2.45) is 0 Å². The fourth-order valence-corrected chi connectivity index (χ4v) is 4.97. The van der Waals surface area contributed by atoms with Gasteiger partial charge in [0.2, 0.25) is 0 Å². The Kier molecular flexibility index (Phi) is 7.49. The molecule has 1 fully saturated rings. The van der Waals surface area contributed by atoms with E-state index in [1.54, 1.807) is 13.0 Å². The summed E-state index contributed by atoms with van der Waals surface area (Å²) in [6.45, 7) is 0.612. The maximum absolute atomic E-state index is 15.6. The van der Waals surface area contributed by atoms with Crippen molar-refractivity contribution in [2.75, 3.05) is 34.7 Å². The van der Waals surface area contributed by atoms with Gasteiger partial charge in [-0.2, -0.15) is 17.4 Å². The lowest BCUT2D eigenvalue weighted by atomic mass is 9.95. The summed E-state index contributed by atoms with van der Waals surface area (Å²) in [7, 11) is 0.809. The van der Waals surface area contributed by atoms with Crippen molar-refractivity contribution in [3.05, 3.63) is 59.2 Å². The molecule has 1 saturated heterocycles. The minimum absolute atomic E-state index is 0.0160. The van der Waals surface area contributed by atoms with Crippen molar-refractivity contribution in [1.82, 2.24) is 18.8 Å². The van der Waals surface area contributed by atoms with Crippen molar-refractivity contribution in [1.29, 1.82) is 0 Å². The Labute approximate surface area is 202 Å². The van der Waals surface area contributed by atoms with Crippen molar-refractivity contribution in [3.63, 3.8) is 0 Å². The number of nitrogens with zero attached hydrogens (tertiary/aromatic N) is 3. The second-order valence-electron chi connectivity index (χ2n) is 9.02. The van der Waals surface area contributed by atoms with E-state index in [0.29, 0.717) is 5.56 Å². The molecule has 1 aliphatic heterocycles. The molecule has 1 aliphatic rings. The molecule has 0 aliphatic carbocycles. The van der Waals surface area contributed by atoms with Crippen LogP contribution in [-0.4, -0.2) is 81.3 Å². The molecule has 0 aromatic heterocycles. The first kappa shape index (κ1) is 26.9. The number of hydrogen-bond acceptors (Lipinski definition) is 3. The maximum Gasteiger partial charge on any atom is 0.320 e. The molecule has 0 radical (unpaired) electrons. The normalized spacial score (nSPS) is 19.9. The summed E-state index contributed by atoms with van der Waals surface area (Å²) in [5.74, 6) is -4.94. The Morgan fingerprint density at radius 3 is 2.37 bits per heavy atom. The third kappa shape index (κ3) is 5.60. The van der Waals surface area contributed by atoms with Crippen LogP contribution in [-0.2, 0) is 16.6 Å². The second kappa shape index (κ2) is 9.75. The zero-order chi connectivity index (χ0) is 26.3. The Morgan fingerprint density at radius 1 is 1.14 bits per heavy atom. The Balaban J connectivity index is 2.07. The second-order valence-corrected chi connectivity index (χ2v) is 10.9. The van der Waals surface area contributed by atoms with Gasteiger partial charge in [-0.05, 0) is 42.2 Å².